The van der Waals surface area contributed by atoms with Crippen LogP contribution in [0.15, 0.2) is 41.8 Å². The lowest BCUT2D eigenvalue weighted by atomic mass is 10.3. The monoisotopic (exact) mass is 278 g/mol. The van der Waals surface area contributed by atoms with Crippen molar-refractivity contribution in [2.45, 2.75) is 11.9 Å². The molecule has 0 fully saturated rings. The fraction of sp³-hybridized carbons (Fsp3) is 0.167. The van der Waals surface area contributed by atoms with Crippen LogP contribution in [0.25, 0.3) is 0 Å². The SMILES string of the molecule is CNc1cccnc1S(=O)(=O)Nc1cncc(C)c1. The summed E-state index contributed by atoms with van der Waals surface area (Å²) in [5.74, 6) is 0. The Hall–Kier alpha value is -2.15. The van der Waals surface area contributed by atoms with Crippen LogP contribution < -0.4 is 10.0 Å². The summed E-state index contributed by atoms with van der Waals surface area (Å²) in [7, 11) is -2.09. The van der Waals surface area contributed by atoms with Gasteiger partial charge in [0.1, 0.15) is 0 Å². The number of nitrogens with one attached hydrogen (secondary N) is 2. The second-order valence-corrected chi connectivity index (χ2v) is 5.56. The minimum atomic E-state index is -3.74. The highest BCUT2D eigenvalue weighted by atomic mass is 32.2. The topological polar surface area (TPSA) is 84.0 Å². The number of hydrogen-bond acceptors (Lipinski definition) is 5. The summed E-state index contributed by atoms with van der Waals surface area (Å²) < 4.78 is 27.0. The molecule has 19 heavy (non-hydrogen) atoms. The highest BCUT2D eigenvalue weighted by Gasteiger charge is 2.19. The molecule has 0 atom stereocenters. The first-order valence-corrected chi connectivity index (χ1v) is 7.08. The normalized spacial score (nSPS) is 11.1. The summed E-state index contributed by atoms with van der Waals surface area (Å²) in [6.45, 7) is 1.84. The highest BCUT2D eigenvalue weighted by molar-refractivity contribution is 7.92. The van der Waals surface area contributed by atoms with Gasteiger partial charge in [0, 0.05) is 19.4 Å². The minimum absolute atomic E-state index is 0.0426. The number of pyridine rings is 2. The zero-order chi connectivity index (χ0) is 13.9. The van der Waals surface area contributed by atoms with Gasteiger partial charge in [0.15, 0.2) is 5.03 Å². The fourth-order valence-corrected chi connectivity index (χ4v) is 2.79. The van der Waals surface area contributed by atoms with E-state index in [2.05, 4.69) is 20.0 Å². The molecule has 2 heterocycles. The summed E-state index contributed by atoms with van der Waals surface area (Å²) in [5, 5.41) is 2.76. The van der Waals surface area contributed by atoms with E-state index >= 15 is 0 Å². The average molecular weight is 278 g/mol. The molecule has 6 nitrogen and oxygen atoms in total. The lowest BCUT2D eigenvalue weighted by Gasteiger charge is -2.10. The molecule has 0 aliphatic rings. The Bertz CT molecular complexity index is 686. The molecule has 0 spiro atoms. The Balaban J connectivity index is 2.38. The smallest absolute Gasteiger partial charge is 0.281 e. The molecule has 0 amide bonds. The van der Waals surface area contributed by atoms with Gasteiger partial charge in [-0.1, -0.05) is 0 Å². The molecule has 0 unspecified atom stereocenters. The first kappa shape index (κ1) is 13.3. The summed E-state index contributed by atoms with van der Waals surface area (Å²) in [6.07, 6.45) is 4.54. The fourth-order valence-electron chi connectivity index (χ4n) is 1.61. The molecule has 0 aliphatic heterocycles. The van der Waals surface area contributed by atoms with Crippen molar-refractivity contribution in [3.8, 4) is 0 Å². The minimum Gasteiger partial charge on any atom is -0.386 e. The van der Waals surface area contributed by atoms with Crippen LogP contribution in [0.1, 0.15) is 5.56 Å². The van der Waals surface area contributed by atoms with E-state index in [1.807, 2.05) is 6.92 Å². The molecule has 2 rings (SSSR count). The predicted octanol–water partition coefficient (Wildman–Crippen LogP) is 1.63. The largest absolute Gasteiger partial charge is 0.386 e. The van der Waals surface area contributed by atoms with Crippen LogP contribution in [0.5, 0.6) is 0 Å². The zero-order valence-corrected chi connectivity index (χ0v) is 11.4. The predicted molar refractivity (Wildman–Crippen MR) is 73.6 cm³/mol. The summed E-state index contributed by atoms with van der Waals surface area (Å²) in [4.78, 5) is 7.85. The van der Waals surface area contributed by atoms with Crippen molar-refractivity contribution >= 4 is 21.4 Å². The lowest BCUT2D eigenvalue weighted by Crippen LogP contribution is -2.16. The quantitative estimate of drug-likeness (QED) is 0.888. The number of hydrogen-bond donors (Lipinski definition) is 2. The molecular formula is C12H14N4O2S. The van der Waals surface area contributed by atoms with E-state index in [0.717, 1.165) is 5.56 Å². The van der Waals surface area contributed by atoms with Gasteiger partial charge in [0.25, 0.3) is 10.0 Å². The van der Waals surface area contributed by atoms with E-state index in [4.69, 9.17) is 0 Å². The van der Waals surface area contributed by atoms with Crippen LogP contribution >= 0.6 is 0 Å². The third kappa shape index (κ3) is 3.00. The van der Waals surface area contributed by atoms with Gasteiger partial charge in [0.2, 0.25) is 0 Å². The first-order valence-electron chi connectivity index (χ1n) is 5.60. The number of aromatic nitrogens is 2. The van der Waals surface area contributed by atoms with Crippen LogP contribution in [0.3, 0.4) is 0 Å². The van der Waals surface area contributed by atoms with Gasteiger partial charge in [0.05, 0.1) is 17.6 Å². The molecule has 0 bridgehead atoms. The standard InChI is InChI=1S/C12H14N4O2S/c1-9-6-10(8-14-7-9)16-19(17,18)12-11(13-2)4-3-5-15-12/h3-8,13,16H,1-2H3. The maximum atomic E-state index is 12.3. The number of anilines is 2. The molecule has 100 valence electrons. The van der Waals surface area contributed by atoms with Crippen LogP contribution in [0.2, 0.25) is 0 Å². The zero-order valence-electron chi connectivity index (χ0n) is 10.6. The molecule has 2 N–H and O–H groups in total. The van der Waals surface area contributed by atoms with E-state index < -0.39 is 10.0 Å². The van der Waals surface area contributed by atoms with Gasteiger partial charge in [-0.3, -0.25) is 9.71 Å². The average Bonchev–Trinajstić information content (AvgIpc) is 2.38. The van der Waals surface area contributed by atoms with Crippen molar-refractivity contribution in [1.29, 1.82) is 0 Å². The molecule has 2 aromatic heterocycles. The van der Waals surface area contributed by atoms with Crippen molar-refractivity contribution in [3.63, 3.8) is 0 Å². The third-order valence-electron chi connectivity index (χ3n) is 2.42. The second kappa shape index (κ2) is 5.23. The van der Waals surface area contributed by atoms with Crippen molar-refractivity contribution in [2.24, 2.45) is 0 Å². The maximum absolute atomic E-state index is 12.3. The lowest BCUT2D eigenvalue weighted by molar-refractivity contribution is 0.598. The molecule has 0 saturated heterocycles. The number of aryl methyl sites for hydroxylation is 1. The number of nitrogens with zero attached hydrogens (tertiary/aromatic N) is 2. The Morgan fingerprint density at radius 1 is 1.26 bits per heavy atom. The highest BCUT2D eigenvalue weighted by Crippen LogP contribution is 2.20. The Morgan fingerprint density at radius 3 is 2.74 bits per heavy atom. The number of rotatable bonds is 4. The van der Waals surface area contributed by atoms with Gasteiger partial charge >= 0.3 is 0 Å². The molecule has 7 heteroatoms. The second-order valence-electron chi connectivity index (χ2n) is 3.96. The van der Waals surface area contributed by atoms with Crippen molar-refractivity contribution in [3.05, 3.63) is 42.4 Å². The summed E-state index contributed by atoms with van der Waals surface area (Å²) >= 11 is 0. The van der Waals surface area contributed by atoms with Crippen molar-refractivity contribution in [1.82, 2.24) is 9.97 Å². The van der Waals surface area contributed by atoms with Crippen LogP contribution in [0, 0.1) is 6.92 Å². The van der Waals surface area contributed by atoms with E-state index in [9.17, 15) is 8.42 Å². The van der Waals surface area contributed by atoms with Crippen LogP contribution in [-0.2, 0) is 10.0 Å². The van der Waals surface area contributed by atoms with Crippen LogP contribution in [0.4, 0.5) is 11.4 Å². The molecule has 0 aliphatic carbocycles. The van der Waals surface area contributed by atoms with Gasteiger partial charge in [-0.15, -0.1) is 0 Å². The molecule has 0 aromatic carbocycles. The van der Waals surface area contributed by atoms with E-state index in [1.165, 1.54) is 12.4 Å². The van der Waals surface area contributed by atoms with Gasteiger partial charge in [-0.2, -0.15) is 8.42 Å². The Kier molecular flexibility index (Phi) is 3.66. The van der Waals surface area contributed by atoms with Gasteiger partial charge in [-0.05, 0) is 30.7 Å². The Labute approximate surface area is 112 Å². The molecular weight excluding hydrogens is 264 g/mol. The van der Waals surface area contributed by atoms with Gasteiger partial charge in [-0.25, -0.2) is 4.98 Å². The summed E-state index contributed by atoms with van der Waals surface area (Å²) in [6, 6.07) is 5.02. The molecule has 0 radical (unpaired) electrons. The van der Waals surface area contributed by atoms with Crippen molar-refractivity contribution in [2.75, 3.05) is 17.1 Å². The molecule has 2 aromatic rings. The number of sulfonamides is 1. The molecule has 0 saturated carbocycles. The summed E-state index contributed by atoms with van der Waals surface area (Å²) in [5.41, 5.74) is 1.72. The maximum Gasteiger partial charge on any atom is 0.281 e. The first-order chi connectivity index (χ1) is 9.03. The van der Waals surface area contributed by atoms with Gasteiger partial charge < -0.3 is 5.32 Å². The Morgan fingerprint density at radius 2 is 2.05 bits per heavy atom. The third-order valence-corrected chi connectivity index (χ3v) is 3.76. The van der Waals surface area contributed by atoms with E-state index in [1.54, 1.807) is 31.4 Å². The van der Waals surface area contributed by atoms with Crippen molar-refractivity contribution < 1.29 is 8.42 Å². The van der Waals surface area contributed by atoms with Crippen LogP contribution in [-0.4, -0.2) is 25.4 Å². The van der Waals surface area contributed by atoms with E-state index in [0.29, 0.717) is 11.4 Å². The van der Waals surface area contributed by atoms with E-state index in [-0.39, 0.29) is 5.03 Å².